The number of rotatable bonds is 3. The van der Waals surface area contributed by atoms with E-state index in [1.807, 2.05) is 0 Å². The maximum absolute atomic E-state index is 8.54. The van der Waals surface area contributed by atoms with E-state index < -0.39 is 6.29 Å². The molecule has 0 aromatic heterocycles. The molecular weight excluding hydrogens is 126 g/mol. The number of oxime groups is 1. The molecule has 0 aliphatic carbocycles. The Morgan fingerprint density at radius 3 is 2.67 bits per heavy atom. The number of aliphatic hydroxyl groups excluding tert-OH is 1. The van der Waals surface area contributed by atoms with Gasteiger partial charge in [0.2, 0.25) is 0 Å². The van der Waals surface area contributed by atoms with Crippen LogP contribution in [-0.4, -0.2) is 22.4 Å². The zero-order valence-electron chi connectivity index (χ0n) is 4.69. The third kappa shape index (κ3) is 3.71. The summed E-state index contributed by atoms with van der Waals surface area (Å²) in [7, 11) is 0. The van der Waals surface area contributed by atoms with Gasteiger partial charge < -0.3 is 16.0 Å². The molecule has 0 radical (unpaired) electrons. The van der Waals surface area contributed by atoms with Crippen LogP contribution in [0.5, 0.6) is 0 Å². The van der Waals surface area contributed by atoms with Gasteiger partial charge in [-0.2, -0.15) is 0 Å². The molecular formula is C3H9N3O3. The molecule has 0 aromatic rings. The Labute approximate surface area is 51.7 Å². The van der Waals surface area contributed by atoms with Crippen LogP contribution in [0.1, 0.15) is 6.42 Å². The van der Waals surface area contributed by atoms with Crippen molar-refractivity contribution in [1.29, 1.82) is 0 Å². The summed E-state index contributed by atoms with van der Waals surface area (Å²) < 4.78 is 0. The van der Waals surface area contributed by atoms with Crippen molar-refractivity contribution in [3.8, 4) is 0 Å². The number of nitrogens with two attached hydrogens (primary N) is 2. The summed E-state index contributed by atoms with van der Waals surface area (Å²) in [6.45, 7) is 0. The molecule has 0 heterocycles. The van der Waals surface area contributed by atoms with Gasteiger partial charge in [0.15, 0.2) is 6.29 Å². The number of nitrogens with zero attached hydrogens (tertiary/aromatic N) is 1. The normalized spacial score (nSPS) is 15.6. The molecule has 0 saturated heterocycles. The molecule has 0 aliphatic rings. The molecule has 0 rings (SSSR count). The van der Waals surface area contributed by atoms with Crippen molar-refractivity contribution >= 4 is 5.84 Å². The predicted octanol–water partition coefficient (Wildman–Crippen LogP) is -1.67. The highest BCUT2D eigenvalue weighted by molar-refractivity contribution is 5.79. The van der Waals surface area contributed by atoms with Crippen molar-refractivity contribution in [3.05, 3.63) is 0 Å². The van der Waals surface area contributed by atoms with Crippen LogP contribution < -0.4 is 11.6 Å². The highest BCUT2D eigenvalue weighted by atomic mass is 16.7. The number of amidine groups is 1. The van der Waals surface area contributed by atoms with Gasteiger partial charge in [-0.05, 0) is 0 Å². The Kier molecular flexibility index (Phi) is 3.69. The molecule has 0 aliphatic heterocycles. The number of hydrogen-bond donors (Lipinski definition) is 4. The van der Waals surface area contributed by atoms with Crippen molar-refractivity contribution in [3.63, 3.8) is 0 Å². The largest absolute Gasteiger partial charge is 0.409 e. The van der Waals surface area contributed by atoms with Gasteiger partial charge in [-0.25, -0.2) is 5.90 Å². The first-order chi connectivity index (χ1) is 4.20. The van der Waals surface area contributed by atoms with Gasteiger partial charge in [0.05, 0.1) is 6.42 Å². The van der Waals surface area contributed by atoms with Crippen molar-refractivity contribution in [1.82, 2.24) is 0 Å². The molecule has 0 saturated carbocycles. The summed E-state index contributed by atoms with van der Waals surface area (Å²) in [5.41, 5.74) is 4.95. The Morgan fingerprint density at radius 1 is 1.78 bits per heavy atom. The Morgan fingerprint density at radius 2 is 2.33 bits per heavy atom. The van der Waals surface area contributed by atoms with E-state index in [9.17, 15) is 0 Å². The summed E-state index contributed by atoms with van der Waals surface area (Å²) >= 11 is 0. The van der Waals surface area contributed by atoms with E-state index in [2.05, 4.69) is 15.9 Å². The van der Waals surface area contributed by atoms with E-state index in [-0.39, 0.29) is 12.3 Å². The average Bonchev–Trinajstić information content (AvgIpc) is 1.87. The second-order valence-electron chi connectivity index (χ2n) is 1.39. The molecule has 1 atom stereocenters. The van der Waals surface area contributed by atoms with Crippen molar-refractivity contribution in [2.45, 2.75) is 12.7 Å². The van der Waals surface area contributed by atoms with E-state index in [1.165, 1.54) is 0 Å². The molecule has 0 amide bonds. The van der Waals surface area contributed by atoms with Crippen LogP contribution in [0.2, 0.25) is 0 Å². The number of hydrogen-bond acceptors (Lipinski definition) is 5. The third-order valence-corrected chi connectivity index (χ3v) is 0.669. The minimum Gasteiger partial charge on any atom is -0.409 e. The van der Waals surface area contributed by atoms with Gasteiger partial charge in [0, 0.05) is 0 Å². The quantitative estimate of drug-likeness (QED) is 0.121. The van der Waals surface area contributed by atoms with Gasteiger partial charge in [0.25, 0.3) is 0 Å². The first-order valence-electron chi connectivity index (χ1n) is 2.20. The van der Waals surface area contributed by atoms with Crippen LogP contribution in [0.25, 0.3) is 0 Å². The zero-order chi connectivity index (χ0) is 7.28. The molecule has 0 spiro atoms. The average molecular weight is 135 g/mol. The molecule has 6 heteroatoms. The van der Waals surface area contributed by atoms with Gasteiger partial charge in [0.1, 0.15) is 5.84 Å². The predicted molar refractivity (Wildman–Crippen MR) is 29.3 cm³/mol. The molecule has 6 N–H and O–H groups in total. The Hall–Kier alpha value is -0.850. The Balaban J connectivity index is 3.47. The van der Waals surface area contributed by atoms with Gasteiger partial charge in [-0.15, -0.1) is 0 Å². The van der Waals surface area contributed by atoms with E-state index in [4.69, 9.17) is 16.0 Å². The maximum atomic E-state index is 8.54. The van der Waals surface area contributed by atoms with Crippen molar-refractivity contribution < 1.29 is 15.2 Å². The second-order valence-corrected chi connectivity index (χ2v) is 1.39. The minimum atomic E-state index is -1.21. The highest BCUT2D eigenvalue weighted by Crippen LogP contribution is 1.88. The number of aliphatic hydroxyl groups is 1. The minimum absolute atomic E-state index is 0.104. The standard InChI is InChI=1S/C3H9N3O3/c4-2(6-8)1-3(7)9-5/h3,7-8H,1,5H2,(H2,4,6). The first kappa shape index (κ1) is 8.15. The van der Waals surface area contributed by atoms with E-state index >= 15 is 0 Å². The fourth-order valence-corrected chi connectivity index (χ4v) is 0.268. The van der Waals surface area contributed by atoms with Crippen LogP contribution >= 0.6 is 0 Å². The SMILES string of the molecule is NOC(O)C/C(N)=N/O. The fraction of sp³-hybridized carbons (Fsp3) is 0.667. The smallest absolute Gasteiger partial charge is 0.181 e. The molecule has 54 valence electrons. The van der Waals surface area contributed by atoms with Crippen LogP contribution in [0, 0.1) is 0 Å². The topological polar surface area (TPSA) is 114 Å². The maximum Gasteiger partial charge on any atom is 0.181 e. The van der Waals surface area contributed by atoms with E-state index in [1.54, 1.807) is 0 Å². The van der Waals surface area contributed by atoms with Gasteiger partial charge in [-0.3, -0.25) is 4.84 Å². The van der Waals surface area contributed by atoms with Crippen LogP contribution in [0.15, 0.2) is 5.16 Å². The lowest BCUT2D eigenvalue weighted by molar-refractivity contribution is -0.0959. The van der Waals surface area contributed by atoms with Gasteiger partial charge in [-0.1, -0.05) is 5.16 Å². The molecule has 0 fully saturated rings. The Bertz CT molecular complexity index is 104. The molecule has 1 unspecified atom stereocenters. The van der Waals surface area contributed by atoms with Crippen LogP contribution in [-0.2, 0) is 4.84 Å². The highest BCUT2D eigenvalue weighted by Gasteiger charge is 2.03. The molecule has 6 nitrogen and oxygen atoms in total. The van der Waals surface area contributed by atoms with Crippen LogP contribution in [0.3, 0.4) is 0 Å². The first-order valence-corrected chi connectivity index (χ1v) is 2.20. The molecule has 9 heavy (non-hydrogen) atoms. The van der Waals surface area contributed by atoms with E-state index in [0.29, 0.717) is 0 Å². The summed E-state index contributed by atoms with van der Waals surface area (Å²) in [4.78, 5) is 3.91. The van der Waals surface area contributed by atoms with Crippen molar-refractivity contribution in [2.75, 3.05) is 0 Å². The lowest BCUT2D eigenvalue weighted by Gasteiger charge is -2.03. The lowest BCUT2D eigenvalue weighted by atomic mass is 10.4. The van der Waals surface area contributed by atoms with E-state index in [0.717, 1.165) is 0 Å². The molecule has 0 aromatic carbocycles. The third-order valence-electron chi connectivity index (χ3n) is 0.669. The fourth-order valence-electron chi connectivity index (χ4n) is 0.268. The monoisotopic (exact) mass is 135 g/mol. The van der Waals surface area contributed by atoms with Crippen LogP contribution in [0.4, 0.5) is 0 Å². The lowest BCUT2D eigenvalue weighted by Crippen LogP contribution is -2.24. The summed E-state index contributed by atoms with van der Waals surface area (Å²) in [6, 6.07) is 0. The second kappa shape index (κ2) is 4.07. The zero-order valence-corrected chi connectivity index (χ0v) is 4.69. The summed E-state index contributed by atoms with van der Waals surface area (Å²) in [5, 5.41) is 19.1. The van der Waals surface area contributed by atoms with Gasteiger partial charge >= 0.3 is 0 Å². The molecule has 0 bridgehead atoms. The summed E-state index contributed by atoms with van der Waals surface area (Å²) in [5.74, 6) is 4.40. The summed E-state index contributed by atoms with van der Waals surface area (Å²) in [6.07, 6.45) is -1.31. The van der Waals surface area contributed by atoms with Crippen molar-refractivity contribution in [2.24, 2.45) is 16.8 Å².